The van der Waals surface area contributed by atoms with Crippen molar-refractivity contribution in [3.05, 3.63) is 86.0 Å². The molecular weight excluding hydrogens is 447 g/mol. The molecule has 8 heteroatoms. The molecule has 0 saturated carbocycles. The number of esters is 1. The number of halogens is 2. The molecule has 0 aliphatic carbocycles. The highest BCUT2D eigenvalue weighted by Crippen LogP contribution is 2.22. The number of pyridine rings is 2. The first-order valence-corrected chi connectivity index (χ1v) is 11.0. The minimum absolute atomic E-state index is 0.0203. The van der Waals surface area contributed by atoms with Gasteiger partial charge in [-0.25, -0.2) is 9.18 Å². The monoisotopic (exact) mass is 472 g/mol. The Hall–Kier alpha value is -3.19. The van der Waals surface area contributed by atoms with E-state index in [0.29, 0.717) is 22.2 Å². The number of benzene rings is 1. The van der Waals surface area contributed by atoms with Gasteiger partial charge in [0.2, 0.25) is 5.91 Å². The average Bonchev–Trinajstić information content (AvgIpc) is 2.76. The van der Waals surface area contributed by atoms with Crippen LogP contribution in [0.4, 0.5) is 4.39 Å². The minimum Gasteiger partial charge on any atom is -0.462 e. The molecule has 0 aliphatic rings. The Balaban J connectivity index is 2.09. The predicted molar refractivity (Wildman–Crippen MR) is 125 cm³/mol. The second-order valence-corrected chi connectivity index (χ2v) is 9.13. The number of amides is 1. The summed E-state index contributed by atoms with van der Waals surface area (Å²) in [6, 6.07) is 9.68. The topological polar surface area (TPSA) is 76.9 Å². The number of aromatic nitrogens is 1. The summed E-state index contributed by atoms with van der Waals surface area (Å²) in [5.41, 5.74) is 0.849. The number of nitrogens with one attached hydrogen (secondary N) is 1. The third kappa shape index (κ3) is 5.42. The van der Waals surface area contributed by atoms with E-state index in [2.05, 4.69) is 5.32 Å². The first kappa shape index (κ1) is 24.5. The fourth-order valence-electron chi connectivity index (χ4n) is 3.36. The van der Waals surface area contributed by atoms with Gasteiger partial charge in [-0.2, -0.15) is 0 Å². The molecule has 6 nitrogen and oxygen atoms in total. The highest BCUT2D eigenvalue weighted by Gasteiger charge is 2.22. The second kappa shape index (κ2) is 9.75. The van der Waals surface area contributed by atoms with E-state index in [1.54, 1.807) is 58.2 Å². The van der Waals surface area contributed by atoms with Gasteiger partial charge in [-0.15, -0.1) is 0 Å². The van der Waals surface area contributed by atoms with Crippen molar-refractivity contribution >= 4 is 29.0 Å². The Kier molecular flexibility index (Phi) is 7.22. The maximum absolute atomic E-state index is 14.4. The second-order valence-electron chi connectivity index (χ2n) is 8.72. The summed E-state index contributed by atoms with van der Waals surface area (Å²) in [5.74, 6) is -1.43. The molecule has 2 heterocycles. The van der Waals surface area contributed by atoms with E-state index in [4.69, 9.17) is 16.3 Å². The third-order valence-electron chi connectivity index (χ3n) is 5.15. The van der Waals surface area contributed by atoms with Crippen molar-refractivity contribution in [3.8, 4) is 0 Å². The first-order chi connectivity index (χ1) is 15.5. The van der Waals surface area contributed by atoms with E-state index in [1.165, 1.54) is 16.5 Å². The van der Waals surface area contributed by atoms with Crippen LogP contribution in [0.15, 0.2) is 47.4 Å². The van der Waals surface area contributed by atoms with Gasteiger partial charge in [-0.05, 0) is 41.8 Å². The molecular formula is C25H26ClFN2O4. The first-order valence-electron chi connectivity index (χ1n) is 10.6. The highest BCUT2D eigenvalue weighted by molar-refractivity contribution is 6.30. The molecule has 0 aliphatic heterocycles. The molecule has 33 heavy (non-hydrogen) atoms. The van der Waals surface area contributed by atoms with Crippen molar-refractivity contribution in [1.29, 1.82) is 0 Å². The highest BCUT2D eigenvalue weighted by atomic mass is 35.5. The van der Waals surface area contributed by atoms with Gasteiger partial charge in [0, 0.05) is 24.6 Å². The van der Waals surface area contributed by atoms with Crippen LogP contribution in [0, 0.1) is 11.2 Å². The Bertz CT molecular complexity index is 1280. The molecule has 2 aromatic heterocycles. The van der Waals surface area contributed by atoms with E-state index in [9.17, 15) is 18.8 Å². The number of nitrogens with zero attached hydrogens (tertiary/aromatic N) is 1. The van der Waals surface area contributed by atoms with E-state index >= 15 is 0 Å². The Morgan fingerprint density at radius 1 is 1.15 bits per heavy atom. The van der Waals surface area contributed by atoms with Crippen molar-refractivity contribution in [3.63, 3.8) is 0 Å². The zero-order chi connectivity index (χ0) is 24.3. The Morgan fingerprint density at radius 3 is 2.55 bits per heavy atom. The number of carbonyl (C=O) groups excluding carboxylic acids is 2. The maximum atomic E-state index is 14.4. The van der Waals surface area contributed by atoms with Crippen molar-refractivity contribution in [1.82, 2.24) is 9.72 Å². The van der Waals surface area contributed by atoms with Crippen LogP contribution >= 0.6 is 11.6 Å². The molecule has 0 atom stereocenters. The van der Waals surface area contributed by atoms with Crippen molar-refractivity contribution in [2.24, 2.45) is 5.41 Å². The van der Waals surface area contributed by atoms with Gasteiger partial charge >= 0.3 is 5.97 Å². The molecule has 0 bridgehead atoms. The van der Waals surface area contributed by atoms with Crippen LogP contribution in [-0.2, 0) is 22.5 Å². The van der Waals surface area contributed by atoms with Crippen molar-refractivity contribution < 1.29 is 18.7 Å². The zero-order valence-corrected chi connectivity index (χ0v) is 19.8. The summed E-state index contributed by atoms with van der Waals surface area (Å²) >= 11 is 5.88. The third-order valence-corrected chi connectivity index (χ3v) is 5.44. The lowest BCUT2D eigenvalue weighted by atomic mass is 9.95. The summed E-state index contributed by atoms with van der Waals surface area (Å²) in [7, 11) is 0. The van der Waals surface area contributed by atoms with Crippen LogP contribution in [0.5, 0.6) is 0 Å². The van der Waals surface area contributed by atoms with E-state index in [0.717, 1.165) is 0 Å². The number of hydrogen-bond acceptors (Lipinski definition) is 4. The van der Waals surface area contributed by atoms with Crippen LogP contribution in [-0.4, -0.2) is 22.9 Å². The molecule has 3 rings (SSSR count). The molecule has 0 unspecified atom stereocenters. The summed E-state index contributed by atoms with van der Waals surface area (Å²) in [6.45, 7) is 7.27. The predicted octanol–water partition coefficient (Wildman–Crippen LogP) is 4.52. The lowest BCUT2D eigenvalue weighted by Crippen LogP contribution is -2.35. The fraction of sp³-hybridized carbons (Fsp3) is 0.320. The Labute approximate surface area is 196 Å². The molecule has 0 radical (unpaired) electrons. The fourth-order valence-corrected chi connectivity index (χ4v) is 3.56. The maximum Gasteiger partial charge on any atom is 0.343 e. The number of fused-ring (bicyclic) bond motifs is 1. The number of hydrogen-bond donors (Lipinski definition) is 1. The van der Waals surface area contributed by atoms with Gasteiger partial charge in [0.15, 0.2) is 0 Å². The van der Waals surface area contributed by atoms with Crippen LogP contribution in [0.3, 0.4) is 0 Å². The van der Waals surface area contributed by atoms with Gasteiger partial charge in [0.1, 0.15) is 11.4 Å². The van der Waals surface area contributed by atoms with Gasteiger partial charge < -0.3 is 10.1 Å². The van der Waals surface area contributed by atoms with Gasteiger partial charge in [-0.3, -0.25) is 14.0 Å². The largest absolute Gasteiger partial charge is 0.462 e. The minimum atomic E-state index is -0.744. The van der Waals surface area contributed by atoms with Crippen LogP contribution in [0.25, 0.3) is 5.52 Å². The molecule has 3 aromatic rings. The molecule has 0 saturated heterocycles. The van der Waals surface area contributed by atoms with Crippen LogP contribution < -0.4 is 10.9 Å². The molecule has 0 spiro atoms. The number of ether oxygens (including phenoxy) is 1. The zero-order valence-electron chi connectivity index (χ0n) is 19.0. The Morgan fingerprint density at radius 2 is 1.88 bits per heavy atom. The summed E-state index contributed by atoms with van der Waals surface area (Å²) in [4.78, 5) is 37.9. The van der Waals surface area contributed by atoms with Gasteiger partial charge in [0.05, 0.1) is 17.1 Å². The van der Waals surface area contributed by atoms with Crippen molar-refractivity contribution in [2.45, 2.75) is 40.7 Å². The van der Waals surface area contributed by atoms with Gasteiger partial charge in [-0.1, -0.05) is 50.6 Å². The lowest BCUT2D eigenvalue weighted by Gasteiger charge is -2.19. The summed E-state index contributed by atoms with van der Waals surface area (Å²) in [5, 5.41) is 2.87. The SMILES string of the molecule is CCOC(=O)c1cc(CNC(=O)C(C)(C)C)c2ccc(Cc3cccc(Cl)c3F)cn2c1=O. The molecule has 1 aromatic carbocycles. The van der Waals surface area contributed by atoms with Crippen LogP contribution in [0.2, 0.25) is 5.02 Å². The molecule has 1 N–H and O–H groups in total. The van der Waals surface area contributed by atoms with Crippen molar-refractivity contribution in [2.75, 3.05) is 6.61 Å². The standard InChI is InChI=1S/C25H26ClFN2O4/c1-5-33-23(31)18-12-17(13-28-24(32)25(2,3)4)20-10-9-15(14-29(20)22(18)30)11-16-7-6-8-19(26)21(16)27/h6-10,12,14H,5,11,13H2,1-4H3,(H,28,32). The van der Waals surface area contributed by atoms with E-state index in [-0.39, 0.29) is 36.1 Å². The number of rotatable bonds is 6. The normalized spacial score (nSPS) is 11.5. The quantitative estimate of drug-likeness (QED) is 0.535. The summed E-state index contributed by atoms with van der Waals surface area (Å²) in [6.07, 6.45) is 1.77. The van der Waals surface area contributed by atoms with E-state index < -0.39 is 22.8 Å². The lowest BCUT2D eigenvalue weighted by molar-refractivity contribution is -0.128. The molecule has 0 fully saturated rings. The number of carbonyl (C=O) groups is 2. The van der Waals surface area contributed by atoms with E-state index in [1.807, 2.05) is 0 Å². The van der Waals surface area contributed by atoms with Crippen LogP contribution in [0.1, 0.15) is 54.7 Å². The smallest absolute Gasteiger partial charge is 0.343 e. The van der Waals surface area contributed by atoms with Gasteiger partial charge in [0.25, 0.3) is 5.56 Å². The summed E-state index contributed by atoms with van der Waals surface area (Å²) < 4.78 is 20.7. The molecule has 174 valence electrons. The molecule has 1 amide bonds. The average molecular weight is 473 g/mol.